The highest BCUT2D eigenvalue weighted by Gasteiger charge is 2.43. The van der Waals surface area contributed by atoms with Gasteiger partial charge in [0, 0.05) is 56.0 Å². The number of rotatable bonds is 17. The van der Waals surface area contributed by atoms with Crippen molar-refractivity contribution < 1.29 is 0 Å². The number of benzene rings is 7. The molecule has 2 unspecified atom stereocenters. The number of allylic oxidation sites excluding steroid dienone is 16. The zero-order chi connectivity index (χ0) is 56.8. The first kappa shape index (κ1) is 54.2. The van der Waals surface area contributed by atoms with Crippen molar-refractivity contribution in [3.8, 4) is 50.5 Å². The molecule has 2 aliphatic carbocycles. The summed E-state index contributed by atoms with van der Waals surface area (Å²) in [6.45, 7) is 14.9. The molecule has 3 aliphatic rings. The summed E-state index contributed by atoms with van der Waals surface area (Å²) in [4.78, 5) is 13.1. The number of fused-ring (bicyclic) bond motifs is 6. The van der Waals surface area contributed by atoms with Crippen LogP contribution in [0.5, 0.6) is 0 Å². The Hall–Kier alpha value is -9.38. The molecule has 0 bridgehead atoms. The van der Waals surface area contributed by atoms with Crippen LogP contribution in [0.3, 0.4) is 0 Å². The van der Waals surface area contributed by atoms with E-state index in [-0.39, 0.29) is 12.0 Å². The Morgan fingerprint density at radius 1 is 0.614 bits per heavy atom. The minimum Gasteiger partial charge on any atom is -0.333 e. The second-order valence-corrected chi connectivity index (χ2v) is 21.9. The van der Waals surface area contributed by atoms with Crippen molar-refractivity contribution >= 4 is 44.3 Å². The maximum atomic E-state index is 5.32. The van der Waals surface area contributed by atoms with Gasteiger partial charge < -0.3 is 9.47 Å². The van der Waals surface area contributed by atoms with Gasteiger partial charge in [0.05, 0.1) is 28.5 Å². The molecule has 4 heteroatoms. The zero-order valence-electron chi connectivity index (χ0n) is 48.6. The largest absolute Gasteiger partial charge is 0.333 e. The van der Waals surface area contributed by atoms with Crippen molar-refractivity contribution in [2.24, 2.45) is 0 Å². The van der Waals surface area contributed by atoms with Crippen molar-refractivity contribution in [3.63, 3.8) is 0 Å². The molecule has 0 fully saturated rings. The summed E-state index contributed by atoms with van der Waals surface area (Å²) < 4.78 is 2.49. The lowest BCUT2D eigenvalue weighted by Gasteiger charge is -2.36. The van der Waals surface area contributed by atoms with Crippen LogP contribution in [0.1, 0.15) is 96.0 Å². The molecule has 0 amide bonds. The Balaban J connectivity index is 1.06. The van der Waals surface area contributed by atoms with Crippen LogP contribution in [0, 0.1) is 0 Å². The molecular weight excluding hydrogens is 1000 g/mol. The molecule has 2 atom stereocenters. The molecule has 0 saturated carbocycles. The number of para-hydroxylation sites is 1. The molecule has 0 N–H and O–H groups in total. The molecule has 0 radical (unpaired) electrons. The lowest BCUT2D eigenvalue weighted by molar-refractivity contribution is 0.687. The minimum absolute atomic E-state index is 0.0127. The summed E-state index contributed by atoms with van der Waals surface area (Å²) in [5, 5.41) is 2.46. The third-order valence-electron chi connectivity index (χ3n) is 16.8. The summed E-state index contributed by atoms with van der Waals surface area (Å²) >= 11 is 0. The van der Waals surface area contributed by atoms with Gasteiger partial charge in [-0.25, -0.2) is 9.97 Å². The molecule has 0 saturated heterocycles. The number of hydrogen-bond donors (Lipinski definition) is 0. The number of unbranched alkanes of at least 4 members (excludes halogenated alkanes) is 1. The predicted molar refractivity (Wildman–Crippen MR) is 355 cm³/mol. The first-order valence-electron chi connectivity index (χ1n) is 29.9. The minimum atomic E-state index is 0.0127. The van der Waals surface area contributed by atoms with E-state index < -0.39 is 0 Å². The summed E-state index contributed by atoms with van der Waals surface area (Å²) in [7, 11) is 0. The highest BCUT2D eigenvalue weighted by molar-refractivity contribution is 6.15. The molecule has 83 heavy (non-hydrogen) atoms. The molecule has 3 heterocycles. The van der Waals surface area contributed by atoms with Crippen LogP contribution in [-0.4, -0.2) is 20.6 Å². The van der Waals surface area contributed by atoms with Crippen molar-refractivity contribution in [2.45, 2.75) is 85.1 Å². The van der Waals surface area contributed by atoms with Gasteiger partial charge in [-0.2, -0.15) is 0 Å². The fraction of sp³-hybridized carbons (Fsp3) is 0.165. The molecule has 4 nitrogen and oxygen atoms in total. The average Bonchev–Trinajstić information content (AvgIpc) is 2.46. The van der Waals surface area contributed by atoms with Crippen molar-refractivity contribution in [2.75, 3.05) is 4.90 Å². The van der Waals surface area contributed by atoms with Crippen LogP contribution in [0.25, 0.3) is 83.4 Å². The van der Waals surface area contributed by atoms with Crippen LogP contribution in [0.15, 0.2) is 278 Å². The van der Waals surface area contributed by atoms with E-state index in [1.807, 2.05) is 19.1 Å². The normalized spacial score (nSPS) is 16.4. The fourth-order valence-corrected chi connectivity index (χ4v) is 12.7. The fourth-order valence-electron chi connectivity index (χ4n) is 12.7. The average molecular weight is 1080 g/mol. The van der Waals surface area contributed by atoms with Crippen molar-refractivity contribution in [1.82, 2.24) is 14.5 Å². The Kier molecular flexibility index (Phi) is 15.9. The molecule has 7 aromatic carbocycles. The number of nitrogens with zero attached hydrogens (tertiary/aromatic N) is 4. The van der Waals surface area contributed by atoms with Crippen LogP contribution in [0.2, 0.25) is 0 Å². The summed E-state index contributed by atoms with van der Waals surface area (Å²) in [6.07, 6.45) is 35.7. The molecule has 2 aromatic heterocycles. The number of hydrogen-bond acceptors (Lipinski definition) is 3. The molecule has 9 aromatic rings. The third-order valence-corrected chi connectivity index (χ3v) is 16.8. The summed E-state index contributed by atoms with van der Waals surface area (Å²) in [5.74, 6) is 0.740. The van der Waals surface area contributed by atoms with Gasteiger partial charge in [0.15, 0.2) is 5.82 Å². The van der Waals surface area contributed by atoms with E-state index in [9.17, 15) is 0 Å². The monoisotopic (exact) mass is 1080 g/mol. The lowest BCUT2D eigenvalue weighted by Crippen LogP contribution is -2.34. The van der Waals surface area contributed by atoms with Gasteiger partial charge in [0.2, 0.25) is 0 Å². The molecule has 1 aliphatic heterocycles. The second kappa shape index (κ2) is 24.4. The molecular formula is C79H72N4. The Morgan fingerprint density at radius 3 is 2.02 bits per heavy atom. The number of aromatic nitrogens is 3. The van der Waals surface area contributed by atoms with E-state index in [2.05, 4.69) is 274 Å². The van der Waals surface area contributed by atoms with Gasteiger partial charge in [-0.3, -0.25) is 0 Å². The molecule has 12 rings (SSSR count). The van der Waals surface area contributed by atoms with E-state index in [1.54, 1.807) is 6.08 Å². The molecule has 408 valence electrons. The number of anilines is 2. The van der Waals surface area contributed by atoms with E-state index >= 15 is 0 Å². The maximum Gasteiger partial charge on any atom is 0.160 e. The zero-order valence-corrected chi connectivity index (χ0v) is 48.6. The van der Waals surface area contributed by atoms with Crippen LogP contribution < -0.4 is 4.90 Å². The maximum absolute atomic E-state index is 5.32. The first-order valence-corrected chi connectivity index (χ1v) is 29.9. The van der Waals surface area contributed by atoms with E-state index in [1.165, 1.54) is 88.7 Å². The smallest absolute Gasteiger partial charge is 0.160 e. The van der Waals surface area contributed by atoms with Crippen LogP contribution in [0.4, 0.5) is 11.4 Å². The highest BCUT2D eigenvalue weighted by Crippen LogP contribution is 2.54. The highest BCUT2D eigenvalue weighted by atomic mass is 15.2. The summed E-state index contributed by atoms with van der Waals surface area (Å²) in [5.41, 5.74) is 24.6. The topological polar surface area (TPSA) is 34.0 Å². The van der Waals surface area contributed by atoms with Crippen LogP contribution in [-0.2, 0) is 0 Å². The standard InChI is InChI=1S/C79H72N4/c1-7-13-29-54(10-4)67-49-63(57-32-20-16-21-33-57)51-71-69-47-60(42-44-75(69)82(77(67)71)65-39-26-19-27-40-65)61-43-45-76-70(48-61)72-52-64(58-34-22-17-23-35-58)50-68(55(11-5)30-14-8-2)78(72)83(76)66-41-28-38-62(46-66)74-53-73(59-36-24-18-25-37-59)80-79(81-74)56(12-6)31-15-9-3/h9-13,15-16,18-22,24-29,31-53,72,78H,3,7-8,14,17,23,30H2,1-2,4-6H3/b29-13-,31-15-,54-10+,55-11+,56-12+. The van der Waals surface area contributed by atoms with Crippen molar-refractivity contribution in [1.29, 1.82) is 0 Å². The van der Waals surface area contributed by atoms with Gasteiger partial charge in [0.1, 0.15) is 0 Å². The lowest BCUT2D eigenvalue weighted by atomic mass is 9.77. The van der Waals surface area contributed by atoms with E-state index in [0.717, 1.165) is 78.0 Å². The predicted octanol–water partition coefficient (Wildman–Crippen LogP) is 21.6. The molecule has 0 spiro atoms. The third kappa shape index (κ3) is 10.6. The Bertz CT molecular complexity index is 4210. The Labute approximate surface area is 491 Å². The van der Waals surface area contributed by atoms with Gasteiger partial charge in [-0.05, 0) is 181 Å². The van der Waals surface area contributed by atoms with Gasteiger partial charge >= 0.3 is 0 Å². The first-order chi connectivity index (χ1) is 40.9. The second-order valence-electron chi connectivity index (χ2n) is 21.9. The Morgan fingerprint density at radius 2 is 1.31 bits per heavy atom. The van der Waals surface area contributed by atoms with E-state index in [0.29, 0.717) is 5.82 Å². The van der Waals surface area contributed by atoms with E-state index in [4.69, 9.17) is 9.97 Å². The van der Waals surface area contributed by atoms with Gasteiger partial charge in [-0.15, -0.1) is 0 Å². The quantitative estimate of drug-likeness (QED) is 0.0852. The summed E-state index contributed by atoms with van der Waals surface area (Å²) in [6, 6.07) is 62.7. The van der Waals surface area contributed by atoms with Gasteiger partial charge in [0.25, 0.3) is 0 Å². The van der Waals surface area contributed by atoms with Crippen LogP contribution >= 0.6 is 0 Å². The SMILES string of the molecule is C=C/C=C\C(=C/C)c1nc(-c2ccccc2)cc(-c2cccc(N3c4ccc(-c5ccc6c(c5)c5cc(-c7ccccc7)cc(C(/C=C\CC)=C/C)c5n6-c5ccccc5)cc4C4C=C(C5=CCCC=C5)C=C(/C(=C/C)CCCC)C43)c2)n1. The van der Waals surface area contributed by atoms with Gasteiger partial charge in [-0.1, -0.05) is 203 Å². The van der Waals surface area contributed by atoms with Crippen molar-refractivity contribution in [3.05, 3.63) is 295 Å².